The van der Waals surface area contributed by atoms with Gasteiger partial charge in [0.1, 0.15) is 0 Å². The van der Waals surface area contributed by atoms with E-state index in [1.165, 1.54) is 71.6 Å². The fourth-order valence-electron chi connectivity index (χ4n) is 8.07. The molecule has 2 atom stereocenters. The predicted molar refractivity (Wildman–Crippen MR) is 163 cm³/mol. The Labute approximate surface area is 225 Å². The van der Waals surface area contributed by atoms with E-state index in [-0.39, 0.29) is 0 Å². The summed E-state index contributed by atoms with van der Waals surface area (Å²) in [4.78, 5) is 0. The summed E-state index contributed by atoms with van der Waals surface area (Å²) in [5, 5.41) is 0. The number of fused-ring (bicyclic) bond motifs is 2. The summed E-state index contributed by atoms with van der Waals surface area (Å²) < 4.78 is 7.27. The van der Waals surface area contributed by atoms with Crippen LogP contribution in [0.2, 0.25) is 9.36 Å². The first-order valence-corrected chi connectivity index (χ1v) is 38.2. The Bertz CT molecular complexity index is 1060. The van der Waals surface area contributed by atoms with Gasteiger partial charge >= 0.3 is 227 Å². The van der Waals surface area contributed by atoms with E-state index in [2.05, 4.69) is 85.6 Å². The number of hydrogen-bond acceptors (Lipinski definition) is 0. The molecule has 36 heavy (non-hydrogen) atoms. The third-order valence-electron chi connectivity index (χ3n) is 9.33. The number of benzene rings is 2. The molecule has 0 radical (unpaired) electrons. The zero-order valence-electron chi connectivity index (χ0n) is 24.3. The van der Waals surface area contributed by atoms with Crippen molar-refractivity contribution >= 4 is 18.6 Å². The van der Waals surface area contributed by atoms with Gasteiger partial charge < -0.3 is 0 Å². The maximum absolute atomic E-state index is 3.53. The minimum absolute atomic E-state index is 0.729. The van der Waals surface area contributed by atoms with Crippen LogP contribution in [0.3, 0.4) is 0 Å². The Morgan fingerprint density at radius 1 is 0.583 bits per heavy atom. The fraction of sp³-hybridized carbons (Fsp3) is 0.529. The van der Waals surface area contributed by atoms with Crippen molar-refractivity contribution in [1.82, 2.24) is 0 Å². The van der Waals surface area contributed by atoms with E-state index in [4.69, 9.17) is 0 Å². The molecule has 0 amide bonds. The third-order valence-corrected chi connectivity index (χ3v) is 38.4. The standard InChI is InChI=1S/2C16H21.2CH3.Hf.H3Si/c2*1-3-5-10-15-13(8-4-2)12-14-9-6-7-11-16(14)15;;;;/h2*6-7,9,11-12H,3-5,8,10H2,1-2H3;2*1H3;;1H3. The van der Waals surface area contributed by atoms with E-state index in [0.717, 1.165) is 7.35 Å². The van der Waals surface area contributed by atoms with E-state index >= 15 is 0 Å². The Morgan fingerprint density at radius 3 is 1.33 bits per heavy atom. The topological polar surface area (TPSA) is 0 Å². The molecule has 0 nitrogen and oxygen atoms in total. The Kier molecular flexibility index (Phi) is 8.88. The van der Waals surface area contributed by atoms with Crippen LogP contribution >= 0.6 is 0 Å². The Balaban J connectivity index is 1.96. The molecule has 4 rings (SSSR count). The van der Waals surface area contributed by atoms with Gasteiger partial charge in [0.15, 0.2) is 0 Å². The maximum atomic E-state index is 2.91. The van der Waals surface area contributed by atoms with Crippen LogP contribution in [-0.4, -0.2) is 7.43 Å². The molecule has 0 N–H and O–H groups in total. The molecule has 2 aliphatic rings. The van der Waals surface area contributed by atoms with E-state index in [1.807, 2.05) is 11.1 Å². The van der Waals surface area contributed by atoms with Crippen molar-refractivity contribution in [3.8, 4) is 0 Å². The molecule has 0 heterocycles. The van der Waals surface area contributed by atoms with Crippen molar-refractivity contribution in [2.75, 3.05) is 0 Å². The molecule has 2 aromatic carbocycles. The van der Waals surface area contributed by atoms with Crippen LogP contribution in [0.15, 0.2) is 59.7 Å². The van der Waals surface area contributed by atoms with E-state index in [1.54, 1.807) is 33.4 Å². The van der Waals surface area contributed by atoms with Crippen molar-refractivity contribution in [1.29, 1.82) is 0 Å². The molecule has 0 saturated carbocycles. The third kappa shape index (κ3) is 4.91. The zero-order chi connectivity index (χ0) is 25.9. The van der Waals surface area contributed by atoms with Gasteiger partial charge in [0.05, 0.1) is 0 Å². The van der Waals surface area contributed by atoms with E-state index < -0.39 is 17.7 Å². The van der Waals surface area contributed by atoms with E-state index in [0.29, 0.717) is 0 Å². The van der Waals surface area contributed by atoms with Crippen LogP contribution in [0.5, 0.6) is 0 Å². The van der Waals surface area contributed by atoms with Crippen LogP contribution in [-0.2, 0) is 17.7 Å². The molecule has 0 aromatic heterocycles. The summed E-state index contributed by atoms with van der Waals surface area (Å²) in [7, 11) is 1.36. The van der Waals surface area contributed by atoms with Crippen LogP contribution in [0, 0.1) is 0 Å². The second kappa shape index (κ2) is 11.4. The summed E-state index contributed by atoms with van der Waals surface area (Å²) in [5.74, 6) is 0. The monoisotopic (exact) mass is 667 g/mol. The van der Waals surface area contributed by atoms with Crippen LogP contribution in [0.1, 0.15) is 122 Å². The van der Waals surface area contributed by atoms with Crippen LogP contribution in [0.4, 0.5) is 0 Å². The van der Waals surface area contributed by atoms with E-state index in [9.17, 15) is 0 Å². The van der Waals surface area contributed by atoms with Gasteiger partial charge in [-0.15, -0.1) is 0 Å². The summed E-state index contributed by atoms with van der Waals surface area (Å²) in [6, 6.07) is 19.3. The predicted octanol–water partition coefficient (Wildman–Crippen LogP) is 10.1. The van der Waals surface area contributed by atoms with Crippen molar-refractivity contribution in [2.45, 2.75) is 109 Å². The molecule has 0 fully saturated rings. The fourth-order valence-corrected chi connectivity index (χ4v) is 41.1. The van der Waals surface area contributed by atoms with Crippen molar-refractivity contribution < 1.29 is 17.7 Å². The molecular formula is C34H51HfSi. The minimum atomic E-state index is -3.53. The molecular weight excluding hydrogens is 615 g/mol. The summed E-state index contributed by atoms with van der Waals surface area (Å²) in [5.41, 5.74) is 13.9. The average Bonchev–Trinajstić information content (AvgIpc) is 3.35. The van der Waals surface area contributed by atoms with Crippen LogP contribution in [0.25, 0.3) is 11.1 Å². The molecule has 2 heteroatoms. The quantitative estimate of drug-likeness (QED) is 0.198. The SMILES string of the molecule is CCCCC1=C(CCC)[CH]([Hf]([CH3])([CH3])([SiH3])[CH]2C(CCC)=C(CCCC)c3ccccc32)c2ccccc21. The average molecular weight is 666 g/mol. The van der Waals surface area contributed by atoms with Crippen LogP contribution < -0.4 is 0 Å². The van der Waals surface area contributed by atoms with Crippen molar-refractivity contribution in [3.05, 3.63) is 81.9 Å². The first kappa shape index (κ1) is 28.0. The molecule has 195 valence electrons. The summed E-state index contributed by atoms with van der Waals surface area (Å²) in [6.07, 6.45) is 12.9. The van der Waals surface area contributed by atoms with Gasteiger partial charge in [0.25, 0.3) is 0 Å². The van der Waals surface area contributed by atoms with Gasteiger partial charge in [-0.2, -0.15) is 0 Å². The molecule has 0 spiro atoms. The Hall–Kier alpha value is -0.993. The first-order chi connectivity index (χ1) is 17.3. The summed E-state index contributed by atoms with van der Waals surface area (Å²) in [6.45, 7) is 9.52. The second-order valence-corrected chi connectivity index (χ2v) is 67.5. The number of unbranched alkanes of at least 4 members (excludes halogenated alkanes) is 2. The molecule has 0 saturated heterocycles. The van der Waals surface area contributed by atoms with Gasteiger partial charge in [-0.05, 0) is 0 Å². The molecule has 0 aliphatic heterocycles. The van der Waals surface area contributed by atoms with Gasteiger partial charge in [-0.1, -0.05) is 0 Å². The molecule has 2 aromatic rings. The normalized spacial score (nSPS) is 20.6. The van der Waals surface area contributed by atoms with Gasteiger partial charge in [0.2, 0.25) is 0 Å². The molecule has 2 unspecified atom stereocenters. The van der Waals surface area contributed by atoms with Gasteiger partial charge in [-0.25, -0.2) is 0 Å². The molecule has 2 aliphatic carbocycles. The summed E-state index contributed by atoms with van der Waals surface area (Å²) >= 11 is -3.53. The first-order valence-electron chi connectivity index (χ1n) is 15.1. The second-order valence-electron chi connectivity index (χ2n) is 13.2. The zero-order valence-corrected chi connectivity index (χ0v) is 29.9. The Morgan fingerprint density at radius 2 is 0.972 bits per heavy atom. The molecule has 0 bridgehead atoms. The number of rotatable bonds is 12. The number of allylic oxidation sites excluding steroid dienone is 4. The van der Waals surface area contributed by atoms with Crippen molar-refractivity contribution in [2.24, 2.45) is 0 Å². The van der Waals surface area contributed by atoms with Gasteiger partial charge in [0, 0.05) is 0 Å². The van der Waals surface area contributed by atoms with Crippen molar-refractivity contribution in [3.63, 3.8) is 0 Å². The van der Waals surface area contributed by atoms with Gasteiger partial charge in [-0.3, -0.25) is 0 Å². The number of hydrogen-bond donors (Lipinski definition) is 0.